The van der Waals surface area contributed by atoms with Gasteiger partial charge in [-0.1, -0.05) is 17.8 Å². The summed E-state index contributed by atoms with van der Waals surface area (Å²) in [5.74, 6) is -0.153. The summed E-state index contributed by atoms with van der Waals surface area (Å²) in [6.45, 7) is 5.91. The van der Waals surface area contributed by atoms with Crippen molar-refractivity contribution in [2.45, 2.75) is 33.6 Å². The third kappa shape index (κ3) is 2.96. The van der Waals surface area contributed by atoms with E-state index in [1.165, 1.54) is 0 Å². The predicted octanol–water partition coefficient (Wildman–Crippen LogP) is 2.94. The van der Waals surface area contributed by atoms with E-state index in [9.17, 15) is 4.79 Å². The summed E-state index contributed by atoms with van der Waals surface area (Å²) in [5, 5.41) is 6.96. The smallest absolute Gasteiger partial charge is 0.269 e. The van der Waals surface area contributed by atoms with Crippen LogP contribution in [0.1, 0.15) is 39.8 Å². The van der Waals surface area contributed by atoms with Crippen molar-refractivity contribution in [1.29, 1.82) is 0 Å². The molecule has 1 aromatic heterocycles. The summed E-state index contributed by atoms with van der Waals surface area (Å²) in [6, 6.07) is 3.70. The fourth-order valence-electron chi connectivity index (χ4n) is 2.15. The lowest BCUT2D eigenvalue weighted by atomic mass is 10.1. The maximum Gasteiger partial charge on any atom is 0.269 e. The lowest BCUT2D eigenvalue weighted by molar-refractivity contribution is 0.102. The lowest BCUT2D eigenvalue weighted by Gasteiger charge is -2.12. The van der Waals surface area contributed by atoms with E-state index >= 15 is 0 Å². The van der Waals surface area contributed by atoms with E-state index < -0.39 is 0 Å². The van der Waals surface area contributed by atoms with Gasteiger partial charge in [-0.15, -0.1) is 5.10 Å². The van der Waals surface area contributed by atoms with Crippen LogP contribution < -0.4 is 11.1 Å². The molecule has 0 aliphatic carbocycles. The average molecular weight is 290 g/mol. The molecule has 106 valence electrons. The van der Waals surface area contributed by atoms with E-state index in [0.29, 0.717) is 10.6 Å². The maximum atomic E-state index is 12.3. The van der Waals surface area contributed by atoms with E-state index in [2.05, 4.69) is 21.8 Å². The van der Waals surface area contributed by atoms with Crippen molar-refractivity contribution < 1.29 is 4.79 Å². The quantitative estimate of drug-likeness (QED) is 0.848. The number of hydrogen-bond donors (Lipinski definition) is 2. The van der Waals surface area contributed by atoms with Gasteiger partial charge in [0.15, 0.2) is 0 Å². The minimum Gasteiger partial charge on any atom is -0.399 e. The second-order valence-corrected chi connectivity index (χ2v) is 5.54. The van der Waals surface area contributed by atoms with E-state index in [1.807, 2.05) is 26.0 Å². The second kappa shape index (κ2) is 6.00. The number of aromatic nitrogens is 2. The summed E-state index contributed by atoms with van der Waals surface area (Å²) in [7, 11) is 0. The molecule has 2 rings (SSSR count). The summed E-state index contributed by atoms with van der Waals surface area (Å²) in [5.41, 5.74) is 9.95. The molecule has 20 heavy (non-hydrogen) atoms. The molecule has 0 unspecified atom stereocenters. The van der Waals surface area contributed by atoms with Gasteiger partial charge in [0.25, 0.3) is 5.91 Å². The number of nitrogen functional groups attached to an aromatic ring is 1. The summed E-state index contributed by atoms with van der Waals surface area (Å²) >= 11 is 1.13. The van der Waals surface area contributed by atoms with Crippen molar-refractivity contribution in [2.24, 2.45) is 0 Å². The van der Waals surface area contributed by atoms with Crippen LogP contribution in [0.25, 0.3) is 0 Å². The maximum absolute atomic E-state index is 12.3. The first-order valence-corrected chi connectivity index (χ1v) is 7.29. The molecule has 3 N–H and O–H groups in total. The highest BCUT2D eigenvalue weighted by atomic mass is 32.1. The molecule has 2 aromatic rings. The number of rotatable bonds is 4. The molecule has 0 aliphatic rings. The first kappa shape index (κ1) is 14.5. The molecule has 0 saturated carbocycles. The Hall–Kier alpha value is -1.95. The van der Waals surface area contributed by atoms with E-state index in [4.69, 9.17) is 5.73 Å². The van der Waals surface area contributed by atoms with Crippen LogP contribution in [0.4, 0.5) is 11.4 Å². The molecule has 0 aliphatic heterocycles. The molecule has 0 fully saturated rings. The van der Waals surface area contributed by atoms with Gasteiger partial charge in [-0.25, -0.2) is 0 Å². The van der Waals surface area contributed by atoms with Gasteiger partial charge in [-0.3, -0.25) is 4.79 Å². The SMILES string of the molecule is CCCc1nnsc1C(=O)Nc1c(C)cc(N)cc1C. The Balaban J connectivity index is 2.26. The topological polar surface area (TPSA) is 80.9 Å². The van der Waals surface area contributed by atoms with Crippen molar-refractivity contribution in [3.8, 4) is 0 Å². The van der Waals surface area contributed by atoms with Gasteiger partial charge in [-0.05, 0) is 55.1 Å². The van der Waals surface area contributed by atoms with Crippen LogP contribution in [0, 0.1) is 13.8 Å². The van der Waals surface area contributed by atoms with Gasteiger partial charge >= 0.3 is 0 Å². The fourth-order valence-corrected chi connectivity index (χ4v) is 2.75. The monoisotopic (exact) mass is 290 g/mol. The molecule has 0 radical (unpaired) electrons. The Morgan fingerprint density at radius 2 is 2.00 bits per heavy atom. The Kier molecular flexibility index (Phi) is 4.34. The fraction of sp³-hybridized carbons (Fsp3) is 0.357. The highest BCUT2D eigenvalue weighted by Crippen LogP contribution is 2.25. The van der Waals surface area contributed by atoms with Crippen molar-refractivity contribution in [3.05, 3.63) is 33.8 Å². The van der Waals surface area contributed by atoms with Gasteiger partial charge in [0.1, 0.15) is 4.88 Å². The van der Waals surface area contributed by atoms with E-state index in [1.54, 1.807) is 0 Å². The molecule has 1 amide bonds. The first-order chi connectivity index (χ1) is 9.52. The van der Waals surface area contributed by atoms with Crippen LogP contribution >= 0.6 is 11.5 Å². The number of nitrogens with two attached hydrogens (primary N) is 1. The number of carbonyl (C=O) groups excluding carboxylic acids is 1. The molecular formula is C14H18N4OS. The number of nitrogens with zero attached hydrogens (tertiary/aromatic N) is 2. The van der Waals surface area contributed by atoms with Gasteiger partial charge in [-0.2, -0.15) is 0 Å². The van der Waals surface area contributed by atoms with E-state index in [-0.39, 0.29) is 5.91 Å². The minimum absolute atomic E-state index is 0.153. The van der Waals surface area contributed by atoms with Gasteiger partial charge < -0.3 is 11.1 Å². The zero-order valence-electron chi connectivity index (χ0n) is 11.9. The lowest BCUT2D eigenvalue weighted by Crippen LogP contribution is -2.14. The number of aryl methyl sites for hydroxylation is 3. The van der Waals surface area contributed by atoms with Crippen LogP contribution in [0.15, 0.2) is 12.1 Å². The van der Waals surface area contributed by atoms with Crippen LogP contribution in [0.2, 0.25) is 0 Å². The third-order valence-electron chi connectivity index (χ3n) is 3.04. The van der Waals surface area contributed by atoms with Crippen LogP contribution in [0.5, 0.6) is 0 Å². The molecule has 0 saturated heterocycles. The Morgan fingerprint density at radius 3 is 2.60 bits per heavy atom. The number of nitrogens with one attached hydrogen (secondary N) is 1. The molecule has 0 atom stereocenters. The minimum atomic E-state index is -0.153. The molecular weight excluding hydrogens is 272 g/mol. The summed E-state index contributed by atoms with van der Waals surface area (Å²) < 4.78 is 3.87. The number of amides is 1. The number of benzene rings is 1. The Bertz CT molecular complexity index is 613. The molecule has 1 aromatic carbocycles. The largest absolute Gasteiger partial charge is 0.399 e. The van der Waals surface area contributed by atoms with E-state index in [0.717, 1.165) is 46.9 Å². The number of anilines is 2. The van der Waals surface area contributed by atoms with Crippen molar-refractivity contribution >= 4 is 28.8 Å². The van der Waals surface area contributed by atoms with Gasteiger partial charge in [0.05, 0.1) is 5.69 Å². The van der Waals surface area contributed by atoms with Crippen LogP contribution in [0.3, 0.4) is 0 Å². The first-order valence-electron chi connectivity index (χ1n) is 6.52. The van der Waals surface area contributed by atoms with Crippen LogP contribution in [-0.4, -0.2) is 15.5 Å². The zero-order chi connectivity index (χ0) is 14.7. The molecule has 6 heteroatoms. The number of carbonyl (C=O) groups is 1. The molecule has 5 nitrogen and oxygen atoms in total. The van der Waals surface area contributed by atoms with Crippen molar-refractivity contribution in [2.75, 3.05) is 11.1 Å². The van der Waals surface area contributed by atoms with Crippen molar-refractivity contribution in [1.82, 2.24) is 9.59 Å². The predicted molar refractivity (Wildman–Crippen MR) is 82.2 cm³/mol. The third-order valence-corrected chi connectivity index (χ3v) is 3.81. The van der Waals surface area contributed by atoms with Gasteiger partial charge in [0.2, 0.25) is 0 Å². The van der Waals surface area contributed by atoms with Gasteiger partial charge in [0, 0.05) is 11.4 Å². The second-order valence-electron chi connectivity index (χ2n) is 4.78. The van der Waals surface area contributed by atoms with Crippen LogP contribution in [-0.2, 0) is 6.42 Å². The molecule has 1 heterocycles. The molecule has 0 spiro atoms. The molecule has 0 bridgehead atoms. The summed E-state index contributed by atoms with van der Waals surface area (Å²) in [4.78, 5) is 12.9. The highest BCUT2D eigenvalue weighted by molar-refractivity contribution is 7.08. The standard InChI is InChI=1S/C14H18N4OS/c1-4-5-11-13(20-18-17-11)14(19)16-12-8(2)6-10(15)7-9(12)3/h6-7H,4-5,15H2,1-3H3,(H,16,19). The van der Waals surface area contributed by atoms with Crippen molar-refractivity contribution in [3.63, 3.8) is 0 Å². The zero-order valence-corrected chi connectivity index (χ0v) is 12.7. The summed E-state index contributed by atoms with van der Waals surface area (Å²) in [6.07, 6.45) is 1.70. The Labute approximate surface area is 122 Å². The average Bonchev–Trinajstić information content (AvgIpc) is 2.82. The number of hydrogen-bond acceptors (Lipinski definition) is 5. The Morgan fingerprint density at radius 1 is 1.35 bits per heavy atom. The highest BCUT2D eigenvalue weighted by Gasteiger charge is 2.17. The normalized spacial score (nSPS) is 10.6.